The molecule has 2 rings (SSSR count). The van der Waals surface area contributed by atoms with Crippen LogP contribution in [0.5, 0.6) is 11.5 Å². The number of aliphatic hydroxyl groups excluding tert-OH is 1. The van der Waals surface area contributed by atoms with E-state index in [0.717, 1.165) is 17.7 Å². The Kier molecular flexibility index (Phi) is 5.05. The molecule has 0 bridgehead atoms. The smallest absolute Gasteiger partial charge is 0.151 e. The molecule has 1 N–H and O–H groups in total. The number of aliphatic hydroxyl groups is 1. The fraction of sp³-hybridized carbons (Fsp3) is 0.294. The van der Waals surface area contributed by atoms with E-state index in [9.17, 15) is 5.11 Å². The first-order valence-electron chi connectivity index (χ1n) is 6.82. The standard InChI is InChI=1S/C17H19ClO2/c1-3-12(2)14-8-4-5-10-16(14)20-17-13(11-19)7-6-9-15(17)18/h4-10,12,19H,3,11H2,1-2H3. The van der Waals surface area contributed by atoms with E-state index in [2.05, 4.69) is 19.9 Å². The van der Waals surface area contributed by atoms with Gasteiger partial charge < -0.3 is 9.84 Å². The number of hydrogen-bond donors (Lipinski definition) is 1. The van der Waals surface area contributed by atoms with Gasteiger partial charge in [-0.1, -0.05) is 55.8 Å². The van der Waals surface area contributed by atoms with Crippen molar-refractivity contribution < 1.29 is 9.84 Å². The van der Waals surface area contributed by atoms with Gasteiger partial charge in [-0.25, -0.2) is 0 Å². The van der Waals surface area contributed by atoms with Crippen LogP contribution in [0, 0.1) is 0 Å². The summed E-state index contributed by atoms with van der Waals surface area (Å²) in [4.78, 5) is 0. The van der Waals surface area contributed by atoms with Gasteiger partial charge in [0.1, 0.15) is 5.75 Å². The highest BCUT2D eigenvalue weighted by Crippen LogP contribution is 2.37. The van der Waals surface area contributed by atoms with E-state index in [4.69, 9.17) is 16.3 Å². The molecular formula is C17H19ClO2. The third kappa shape index (κ3) is 3.14. The summed E-state index contributed by atoms with van der Waals surface area (Å²) >= 11 is 6.19. The quantitative estimate of drug-likeness (QED) is 0.826. The Labute approximate surface area is 125 Å². The van der Waals surface area contributed by atoms with Gasteiger partial charge in [-0.05, 0) is 30.0 Å². The van der Waals surface area contributed by atoms with Gasteiger partial charge in [0.2, 0.25) is 0 Å². The predicted molar refractivity (Wildman–Crippen MR) is 82.6 cm³/mol. The summed E-state index contributed by atoms with van der Waals surface area (Å²) in [6, 6.07) is 13.3. The van der Waals surface area contributed by atoms with Crippen molar-refractivity contribution in [2.45, 2.75) is 32.8 Å². The molecule has 0 spiro atoms. The third-order valence-electron chi connectivity index (χ3n) is 3.49. The van der Waals surface area contributed by atoms with Crippen LogP contribution in [0.3, 0.4) is 0 Å². The van der Waals surface area contributed by atoms with E-state index >= 15 is 0 Å². The Bertz CT molecular complexity index is 581. The first-order valence-corrected chi connectivity index (χ1v) is 7.20. The van der Waals surface area contributed by atoms with Crippen LogP contribution in [-0.4, -0.2) is 5.11 Å². The summed E-state index contributed by atoms with van der Waals surface area (Å²) in [7, 11) is 0. The number of ether oxygens (including phenoxy) is 1. The van der Waals surface area contributed by atoms with E-state index in [1.165, 1.54) is 0 Å². The molecule has 0 amide bonds. The van der Waals surface area contributed by atoms with Crippen LogP contribution in [0.1, 0.15) is 37.3 Å². The minimum atomic E-state index is -0.0958. The Morgan fingerprint density at radius 2 is 1.90 bits per heavy atom. The molecule has 1 atom stereocenters. The van der Waals surface area contributed by atoms with Crippen molar-refractivity contribution >= 4 is 11.6 Å². The molecule has 0 saturated heterocycles. The molecule has 106 valence electrons. The predicted octanol–water partition coefficient (Wildman–Crippen LogP) is 5.14. The van der Waals surface area contributed by atoms with Crippen molar-refractivity contribution in [1.82, 2.24) is 0 Å². The summed E-state index contributed by atoms with van der Waals surface area (Å²) in [6.07, 6.45) is 1.04. The van der Waals surface area contributed by atoms with Gasteiger partial charge in [0.05, 0.1) is 11.6 Å². The van der Waals surface area contributed by atoms with Gasteiger partial charge in [0.15, 0.2) is 5.75 Å². The minimum Gasteiger partial charge on any atom is -0.455 e. The maximum Gasteiger partial charge on any atom is 0.151 e. The van der Waals surface area contributed by atoms with Crippen molar-refractivity contribution in [3.8, 4) is 11.5 Å². The lowest BCUT2D eigenvalue weighted by Gasteiger charge is -2.17. The molecule has 1 unspecified atom stereocenters. The highest BCUT2D eigenvalue weighted by atomic mass is 35.5. The number of rotatable bonds is 5. The molecule has 2 aromatic rings. The molecule has 0 aliphatic carbocycles. The molecule has 0 heterocycles. The second kappa shape index (κ2) is 6.78. The highest BCUT2D eigenvalue weighted by molar-refractivity contribution is 6.32. The number of hydrogen-bond acceptors (Lipinski definition) is 2. The van der Waals surface area contributed by atoms with Crippen molar-refractivity contribution in [2.24, 2.45) is 0 Å². The fourth-order valence-corrected chi connectivity index (χ4v) is 2.34. The summed E-state index contributed by atoms with van der Waals surface area (Å²) in [6.45, 7) is 4.22. The zero-order valence-corrected chi connectivity index (χ0v) is 12.5. The van der Waals surface area contributed by atoms with E-state index in [1.807, 2.05) is 24.3 Å². The average Bonchev–Trinajstić information content (AvgIpc) is 2.49. The highest BCUT2D eigenvalue weighted by Gasteiger charge is 2.14. The number of halogens is 1. The van der Waals surface area contributed by atoms with Crippen LogP contribution in [0.4, 0.5) is 0 Å². The second-order valence-electron chi connectivity index (χ2n) is 4.84. The Morgan fingerprint density at radius 3 is 2.60 bits per heavy atom. The molecule has 20 heavy (non-hydrogen) atoms. The van der Waals surface area contributed by atoms with Gasteiger partial charge in [-0.2, -0.15) is 0 Å². The first kappa shape index (κ1) is 14.9. The molecular weight excluding hydrogens is 272 g/mol. The topological polar surface area (TPSA) is 29.5 Å². The Morgan fingerprint density at radius 1 is 1.15 bits per heavy atom. The fourth-order valence-electron chi connectivity index (χ4n) is 2.10. The Balaban J connectivity index is 2.40. The average molecular weight is 291 g/mol. The normalized spacial score (nSPS) is 12.2. The van der Waals surface area contributed by atoms with Gasteiger partial charge in [-0.3, -0.25) is 0 Å². The van der Waals surface area contributed by atoms with Gasteiger partial charge in [0.25, 0.3) is 0 Å². The monoisotopic (exact) mass is 290 g/mol. The van der Waals surface area contributed by atoms with Gasteiger partial charge in [-0.15, -0.1) is 0 Å². The summed E-state index contributed by atoms with van der Waals surface area (Å²) in [5.41, 5.74) is 1.84. The molecule has 0 aromatic heterocycles. The summed E-state index contributed by atoms with van der Waals surface area (Å²) < 4.78 is 5.99. The molecule has 3 heteroatoms. The maximum absolute atomic E-state index is 9.41. The van der Waals surface area contributed by atoms with Crippen LogP contribution in [0.15, 0.2) is 42.5 Å². The second-order valence-corrected chi connectivity index (χ2v) is 5.24. The zero-order valence-electron chi connectivity index (χ0n) is 11.8. The van der Waals surface area contributed by atoms with Gasteiger partial charge in [0, 0.05) is 5.56 Å². The van der Waals surface area contributed by atoms with E-state index in [0.29, 0.717) is 22.3 Å². The third-order valence-corrected chi connectivity index (χ3v) is 3.79. The lowest BCUT2D eigenvalue weighted by Crippen LogP contribution is -1.98. The van der Waals surface area contributed by atoms with Crippen molar-refractivity contribution in [1.29, 1.82) is 0 Å². The van der Waals surface area contributed by atoms with Crippen LogP contribution >= 0.6 is 11.6 Å². The zero-order chi connectivity index (χ0) is 14.5. The SMILES string of the molecule is CCC(C)c1ccccc1Oc1c(Cl)cccc1CO. The molecule has 2 nitrogen and oxygen atoms in total. The molecule has 2 aromatic carbocycles. The largest absolute Gasteiger partial charge is 0.455 e. The van der Waals surface area contributed by atoms with Crippen LogP contribution in [0.25, 0.3) is 0 Å². The van der Waals surface area contributed by atoms with Crippen molar-refractivity contribution in [3.63, 3.8) is 0 Å². The summed E-state index contributed by atoms with van der Waals surface area (Å²) in [5, 5.41) is 9.92. The lowest BCUT2D eigenvalue weighted by atomic mass is 9.98. The molecule has 0 fully saturated rings. The van der Waals surface area contributed by atoms with E-state index < -0.39 is 0 Å². The van der Waals surface area contributed by atoms with E-state index in [-0.39, 0.29) is 6.61 Å². The van der Waals surface area contributed by atoms with Crippen molar-refractivity contribution in [2.75, 3.05) is 0 Å². The molecule has 0 aliphatic rings. The molecule has 0 radical (unpaired) electrons. The van der Waals surface area contributed by atoms with Crippen LogP contribution in [-0.2, 0) is 6.61 Å². The number of benzene rings is 2. The first-order chi connectivity index (χ1) is 9.67. The molecule has 0 aliphatic heterocycles. The van der Waals surface area contributed by atoms with Gasteiger partial charge >= 0.3 is 0 Å². The minimum absolute atomic E-state index is 0.0958. The van der Waals surface area contributed by atoms with E-state index in [1.54, 1.807) is 12.1 Å². The number of para-hydroxylation sites is 2. The Hall–Kier alpha value is -1.51. The summed E-state index contributed by atoms with van der Waals surface area (Å²) in [5.74, 6) is 1.74. The van der Waals surface area contributed by atoms with Crippen LogP contribution in [0.2, 0.25) is 5.02 Å². The lowest BCUT2D eigenvalue weighted by molar-refractivity contribution is 0.276. The van der Waals surface area contributed by atoms with Crippen LogP contribution < -0.4 is 4.74 Å². The maximum atomic E-state index is 9.41. The van der Waals surface area contributed by atoms with Crippen molar-refractivity contribution in [3.05, 3.63) is 58.6 Å². The molecule has 0 saturated carbocycles.